The van der Waals surface area contributed by atoms with Gasteiger partial charge in [0.05, 0.1) is 42.7 Å². The number of hydrogen-bond acceptors (Lipinski definition) is 8. The summed E-state index contributed by atoms with van der Waals surface area (Å²) in [5, 5.41) is 11.8. The lowest BCUT2D eigenvalue weighted by molar-refractivity contribution is -0.132. The third kappa shape index (κ3) is 5.24. The van der Waals surface area contributed by atoms with Crippen molar-refractivity contribution in [1.29, 1.82) is 0 Å². The summed E-state index contributed by atoms with van der Waals surface area (Å²) >= 11 is 1.28. The fraction of sp³-hybridized carbons (Fsp3) is 0.258. The number of aliphatic hydroxyl groups excluding tert-OH is 1. The fourth-order valence-corrected chi connectivity index (χ4v) is 5.70. The molecule has 40 heavy (non-hydrogen) atoms. The molecule has 1 fully saturated rings. The Labute approximate surface area is 236 Å². The van der Waals surface area contributed by atoms with Crippen LogP contribution >= 0.6 is 11.3 Å². The number of fused-ring (bicyclic) bond motifs is 1. The second kappa shape index (κ2) is 11.8. The number of benzene rings is 3. The minimum atomic E-state index is -0.900. The van der Waals surface area contributed by atoms with E-state index in [-0.39, 0.29) is 11.3 Å². The molecule has 1 amide bonds. The van der Waals surface area contributed by atoms with E-state index in [2.05, 4.69) is 11.9 Å². The summed E-state index contributed by atoms with van der Waals surface area (Å²) < 4.78 is 17.3. The van der Waals surface area contributed by atoms with E-state index in [9.17, 15) is 14.7 Å². The van der Waals surface area contributed by atoms with Gasteiger partial charge in [0.25, 0.3) is 5.78 Å². The smallest absolute Gasteiger partial charge is 0.301 e. The van der Waals surface area contributed by atoms with Gasteiger partial charge in [-0.05, 0) is 54.4 Å². The number of methoxy groups -OCH3 is 2. The summed E-state index contributed by atoms with van der Waals surface area (Å²) in [5.41, 5.74) is 1.66. The van der Waals surface area contributed by atoms with Gasteiger partial charge in [-0.3, -0.25) is 14.5 Å². The number of thiazole rings is 1. The number of unbranched alkanes of at least 4 members (excludes halogenated alkanes) is 2. The SMILES string of the molecule is CCCCCOc1ccc(C2C(=C(O)c3cccc(OC)c3)C(=O)C(=O)N2c2nc3ccc(OC)cc3s2)cc1. The molecule has 8 nitrogen and oxygen atoms in total. The van der Waals surface area contributed by atoms with Crippen molar-refractivity contribution in [2.24, 2.45) is 0 Å². The first-order chi connectivity index (χ1) is 19.4. The minimum Gasteiger partial charge on any atom is -0.507 e. The monoisotopic (exact) mass is 558 g/mol. The van der Waals surface area contributed by atoms with Crippen molar-refractivity contribution in [3.8, 4) is 17.2 Å². The number of Topliss-reactive ketones (excluding diaryl/α,β-unsaturated/α-hetero) is 1. The zero-order valence-corrected chi connectivity index (χ0v) is 23.4. The van der Waals surface area contributed by atoms with Crippen LogP contribution in [0.1, 0.15) is 43.4 Å². The Balaban J connectivity index is 1.61. The second-order valence-electron chi connectivity index (χ2n) is 9.36. The maximum Gasteiger partial charge on any atom is 0.301 e. The van der Waals surface area contributed by atoms with E-state index in [4.69, 9.17) is 14.2 Å². The van der Waals surface area contributed by atoms with Crippen molar-refractivity contribution >= 4 is 44.1 Å². The molecule has 2 heterocycles. The molecule has 1 aliphatic heterocycles. The van der Waals surface area contributed by atoms with Crippen LogP contribution in [0.4, 0.5) is 5.13 Å². The molecule has 1 aromatic heterocycles. The lowest BCUT2D eigenvalue weighted by Gasteiger charge is -2.23. The molecule has 0 aliphatic carbocycles. The van der Waals surface area contributed by atoms with E-state index in [1.165, 1.54) is 23.3 Å². The van der Waals surface area contributed by atoms with Crippen molar-refractivity contribution < 1.29 is 28.9 Å². The van der Waals surface area contributed by atoms with Crippen molar-refractivity contribution in [3.63, 3.8) is 0 Å². The van der Waals surface area contributed by atoms with E-state index < -0.39 is 17.7 Å². The number of aliphatic hydroxyl groups is 1. The van der Waals surface area contributed by atoms with E-state index in [1.807, 2.05) is 30.3 Å². The molecule has 1 aliphatic rings. The van der Waals surface area contributed by atoms with Crippen LogP contribution in [0, 0.1) is 0 Å². The molecule has 1 unspecified atom stereocenters. The average molecular weight is 559 g/mol. The number of carbonyl (C=O) groups excluding carboxylic acids is 2. The van der Waals surface area contributed by atoms with Crippen LogP contribution in [0.25, 0.3) is 16.0 Å². The summed E-state index contributed by atoms with van der Waals surface area (Å²) in [4.78, 5) is 33.1. The maximum absolute atomic E-state index is 13.6. The van der Waals surface area contributed by atoms with E-state index in [0.717, 1.165) is 24.0 Å². The van der Waals surface area contributed by atoms with Crippen LogP contribution in [-0.4, -0.2) is 42.6 Å². The summed E-state index contributed by atoms with van der Waals surface area (Å²) in [6.45, 7) is 2.75. The molecule has 1 N–H and O–H groups in total. The number of hydrogen-bond donors (Lipinski definition) is 1. The summed E-state index contributed by atoms with van der Waals surface area (Å²) in [5.74, 6) is 0.0277. The highest BCUT2D eigenvalue weighted by Crippen LogP contribution is 2.45. The van der Waals surface area contributed by atoms with Crippen LogP contribution < -0.4 is 19.1 Å². The molecular formula is C31H30N2O6S. The molecule has 0 radical (unpaired) electrons. The summed E-state index contributed by atoms with van der Waals surface area (Å²) in [6, 6.07) is 18.5. The molecule has 9 heteroatoms. The van der Waals surface area contributed by atoms with E-state index >= 15 is 0 Å². The number of ketones is 1. The lowest BCUT2D eigenvalue weighted by Crippen LogP contribution is -2.29. The van der Waals surface area contributed by atoms with Gasteiger partial charge >= 0.3 is 5.91 Å². The number of ether oxygens (including phenoxy) is 3. The summed E-state index contributed by atoms with van der Waals surface area (Å²) in [7, 11) is 3.10. The molecule has 5 rings (SSSR count). The van der Waals surface area contributed by atoms with Gasteiger partial charge in [-0.1, -0.05) is 55.4 Å². The zero-order valence-electron chi connectivity index (χ0n) is 22.5. The standard InChI is InChI=1S/C31H30N2O6S/c1-4-5-6-16-39-21-12-10-19(11-13-21)27-26(28(34)20-8-7-9-22(17-20)37-2)29(35)30(36)33(27)31-32-24-15-14-23(38-3)18-25(24)40-31/h7-15,17-18,27,34H,4-6,16H2,1-3H3. The Hall–Kier alpha value is -4.37. The van der Waals surface area contributed by atoms with Gasteiger partial charge in [0.1, 0.15) is 23.0 Å². The van der Waals surface area contributed by atoms with Crippen molar-refractivity contribution in [2.75, 3.05) is 25.7 Å². The molecular weight excluding hydrogens is 528 g/mol. The minimum absolute atomic E-state index is 0.0216. The number of nitrogens with zero attached hydrogens (tertiary/aromatic N) is 2. The molecule has 0 bridgehead atoms. The summed E-state index contributed by atoms with van der Waals surface area (Å²) in [6.07, 6.45) is 3.15. The quantitative estimate of drug-likeness (QED) is 0.103. The molecule has 4 aromatic rings. The highest BCUT2D eigenvalue weighted by Gasteiger charge is 2.48. The van der Waals surface area contributed by atoms with E-state index in [1.54, 1.807) is 43.5 Å². The third-order valence-corrected chi connectivity index (χ3v) is 7.81. The van der Waals surface area contributed by atoms with Crippen molar-refractivity contribution in [2.45, 2.75) is 32.2 Å². The topological polar surface area (TPSA) is 98.2 Å². The van der Waals surface area contributed by atoms with Gasteiger partial charge in [0.15, 0.2) is 5.13 Å². The van der Waals surface area contributed by atoms with Gasteiger partial charge in [0.2, 0.25) is 0 Å². The lowest BCUT2D eigenvalue weighted by atomic mass is 9.95. The first kappa shape index (κ1) is 27.2. The third-order valence-electron chi connectivity index (χ3n) is 6.79. The molecule has 0 spiro atoms. The van der Waals surface area contributed by atoms with Crippen LogP contribution in [0.3, 0.4) is 0 Å². The largest absolute Gasteiger partial charge is 0.507 e. The maximum atomic E-state index is 13.6. The first-order valence-electron chi connectivity index (χ1n) is 13.1. The van der Waals surface area contributed by atoms with Gasteiger partial charge in [-0.2, -0.15) is 0 Å². The Bertz CT molecular complexity index is 1580. The molecule has 1 saturated heterocycles. The van der Waals surface area contributed by atoms with Gasteiger partial charge in [-0.15, -0.1) is 0 Å². The fourth-order valence-electron chi connectivity index (χ4n) is 4.68. The average Bonchev–Trinajstić information content (AvgIpc) is 3.52. The molecule has 206 valence electrons. The normalized spacial score (nSPS) is 16.5. The number of rotatable bonds is 10. The van der Waals surface area contributed by atoms with Crippen molar-refractivity contribution in [1.82, 2.24) is 4.98 Å². The number of anilines is 1. The Morgan fingerprint density at radius 1 is 0.950 bits per heavy atom. The predicted octanol–water partition coefficient (Wildman–Crippen LogP) is 6.51. The Morgan fingerprint density at radius 3 is 2.40 bits per heavy atom. The highest BCUT2D eigenvalue weighted by molar-refractivity contribution is 7.22. The van der Waals surface area contributed by atoms with E-state index in [0.29, 0.717) is 45.6 Å². The van der Waals surface area contributed by atoms with Gasteiger partial charge < -0.3 is 19.3 Å². The highest BCUT2D eigenvalue weighted by atomic mass is 32.1. The van der Waals surface area contributed by atoms with Crippen LogP contribution in [0.2, 0.25) is 0 Å². The first-order valence-corrected chi connectivity index (χ1v) is 13.9. The van der Waals surface area contributed by atoms with Crippen LogP contribution in [0.15, 0.2) is 72.3 Å². The van der Waals surface area contributed by atoms with Crippen LogP contribution in [0.5, 0.6) is 17.2 Å². The predicted molar refractivity (Wildman–Crippen MR) is 155 cm³/mol. The number of carbonyl (C=O) groups is 2. The molecule has 1 atom stereocenters. The molecule has 0 saturated carbocycles. The van der Waals surface area contributed by atoms with Gasteiger partial charge in [-0.25, -0.2) is 4.98 Å². The van der Waals surface area contributed by atoms with Gasteiger partial charge in [0, 0.05) is 5.56 Å². The zero-order chi connectivity index (χ0) is 28.2. The van der Waals surface area contributed by atoms with Crippen molar-refractivity contribution in [3.05, 3.63) is 83.4 Å². The number of aromatic nitrogens is 1. The number of amides is 1. The second-order valence-corrected chi connectivity index (χ2v) is 10.4. The Kier molecular flexibility index (Phi) is 8.02. The molecule has 3 aromatic carbocycles. The Morgan fingerprint density at radius 2 is 1.68 bits per heavy atom. The van der Waals surface area contributed by atoms with Crippen LogP contribution in [-0.2, 0) is 9.59 Å².